The zero-order valence-corrected chi connectivity index (χ0v) is 14.8. The molecule has 1 aliphatic rings. The van der Waals surface area contributed by atoms with Crippen LogP contribution in [-0.2, 0) is 16.4 Å². The summed E-state index contributed by atoms with van der Waals surface area (Å²) in [7, 11) is -2.99. The van der Waals surface area contributed by atoms with Crippen LogP contribution in [0.4, 0.5) is 0 Å². The number of carbonyl (C=O) groups is 1. The molecule has 3 rings (SSSR count). The quantitative estimate of drug-likeness (QED) is 0.897. The van der Waals surface area contributed by atoms with Crippen LogP contribution in [0.5, 0.6) is 0 Å². The molecular formula is C16H18ClN3O3S. The summed E-state index contributed by atoms with van der Waals surface area (Å²) in [4.78, 5) is 12.3. The SMILES string of the molecule is Cc1cc(C(=O)NCc2ccc(Cl)cc2)nn1C1CCS(=O)(=O)C1. The molecule has 0 bridgehead atoms. The molecule has 1 fully saturated rings. The number of nitrogens with one attached hydrogen (secondary N) is 1. The van der Waals surface area contributed by atoms with Gasteiger partial charge in [0.2, 0.25) is 0 Å². The van der Waals surface area contributed by atoms with Gasteiger partial charge in [0.1, 0.15) is 5.69 Å². The summed E-state index contributed by atoms with van der Waals surface area (Å²) < 4.78 is 24.9. The van der Waals surface area contributed by atoms with Gasteiger partial charge in [-0.2, -0.15) is 5.10 Å². The van der Waals surface area contributed by atoms with Crippen LogP contribution in [0.1, 0.15) is 34.2 Å². The molecule has 2 heterocycles. The van der Waals surface area contributed by atoms with Gasteiger partial charge >= 0.3 is 0 Å². The van der Waals surface area contributed by atoms with E-state index in [-0.39, 0.29) is 23.5 Å². The fraction of sp³-hybridized carbons (Fsp3) is 0.375. The van der Waals surface area contributed by atoms with Crippen molar-refractivity contribution in [2.24, 2.45) is 0 Å². The summed E-state index contributed by atoms with van der Waals surface area (Å²) in [5.74, 6) is -0.0242. The predicted molar refractivity (Wildman–Crippen MR) is 91.9 cm³/mol. The zero-order chi connectivity index (χ0) is 17.3. The van der Waals surface area contributed by atoms with Crippen LogP contribution >= 0.6 is 11.6 Å². The van der Waals surface area contributed by atoms with Crippen molar-refractivity contribution < 1.29 is 13.2 Å². The predicted octanol–water partition coefficient (Wildman–Crippen LogP) is 2.13. The van der Waals surface area contributed by atoms with Crippen molar-refractivity contribution in [2.75, 3.05) is 11.5 Å². The van der Waals surface area contributed by atoms with E-state index in [1.54, 1.807) is 22.9 Å². The lowest BCUT2D eigenvalue weighted by Crippen LogP contribution is -2.24. The molecule has 8 heteroatoms. The lowest BCUT2D eigenvalue weighted by molar-refractivity contribution is 0.0945. The number of hydrogen-bond acceptors (Lipinski definition) is 4. The number of halogens is 1. The second kappa shape index (κ2) is 6.57. The Morgan fingerprint density at radius 2 is 2.08 bits per heavy atom. The first-order chi connectivity index (χ1) is 11.3. The largest absolute Gasteiger partial charge is 0.347 e. The monoisotopic (exact) mass is 367 g/mol. The van der Waals surface area contributed by atoms with Crippen molar-refractivity contribution in [3.63, 3.8) is 0 Å². The minimum absolute atomic E-state index is 0.0847. The highest BCUT2D eigenvalue weighted by Crippen LogP contribution is 2.24. The number of amides is 1. The number of aromatic nitrogens is 2. The number of benzene rings is 1. The summed E-state index contributed by atoms with van der Waals surface area (Å²) in [5, 5.41) is 7.75. The molecule has 1 unspecified atom stereocenters. The molecule has 1 amide bonds. The van der Waals surface area contributed by atoms with Gasteiger partial charge in [-0.25, -0.2) is 8.42 Å². The van der Waals surface area contributed by atoms with Crippen molar-refractivity contribution in [3.05, 3.63) is 52.3 Å². The summed E-state index contributed by atoms with van der Waals surface area (Å²) >= 11 is 5.83. The fourth-order valence-corrected chi connectivity index (χ4v) is 4.63. The van der Waals surface area contributed by atoms with E-state index in [0.717, 1.165) is 11.3 Å². The van der Waals surface area contributed by atoms with Gasteiger partial charge in [0, 0.05) is 17.3 Å². The second-order valence-electron chi connectivity index (χ2n) is 5.98. The highest BCUT2D eigenvalue weighted by Gasteiger charge is 2.31. The Morgan fingerprint density at radius 3 is 2.71 bits per heavy atom. The molecule has 0 spiro atoms. The summed E-state index contributed by atoms with van der Waals surface area (Å²) in [6.07, 6.45) is 0.538. The smallest absolute Gasteiger partial charge is 0.272 e. The maximum atomic E-state index is 12.3. The van der Waals surface area contributed by atoms with Crippen molar-refractivity contribution in [1.29, 1.82) is 0 Å². The van der Waals surface area contributed by atoms with Crippen molar-refractivity contribution in [3.8, 4) is 0 Å². The van der Waals surface area contributed by atoms with Gasteiger partial charge in [-0.15, -0.1) is 0 Å². The van der Waals surface area contributed by atoms with Crippen LogP contribution in [0.25, 0.3) is 0 Å². The molecule has 1 aromatic carbocycles. The molecule has 6 nitrogen and oxygen atoms in total. The number of aryl methyl sites for hydroxylation is 1. The van der Waals surface area contributed by atoms with E-state index < -0.39 is 9.84 Å². The Morgan fingerprint density at radius 1 is 1.38 bits per heavy atom. The number of sulfone groups is 1. The molecule has 0 radical (unpaired) electrons. The van der Waals surface area contributed by atoms with Crippen molar-refractivity contribution in [2.45, 2.75) is 25.9 Å². The molecule has 1 atom stereocenters. The van der Waals surface area contributed by atoms with E-state index in [1.165, 1.54) is 0 Å². The standard InChI is InChI=1S/C16H18ClN3O3S/c1-11-8-15(19-20(11)14-6-7-24(22,23)10-14)16(21)18-9-12-2-4-13(17)5-3-12/h2-5,8,14H,6-7,9-10H2,1H3,(H,18,21). The third kappa shape index (κ3) is 3.79. The average Bonchev–Trinajstić information content (AvgIpc) is 3.09. The zero-order valence-electron chi connectivity index (χ0n) is 13.2. The summed E-state index contributed by atoms with van der Waals surface area (Å²) in [6, 6.07) is 8.71. The highest BCUT2D eigenvalue weighted by atomic mass is 35.5. The van der Waals surface area contributed by atoms with Gasteiger partial charge in [-0.1, -0.05) is 23.7 Å². The van der Waals surface area contributed by atoms with E-state index in [1.807, 2.05) is 19.1 Å². The second-order valence-corrected chi connectivity index (χ2v) is 8.65. The number of nitrogens with zero attached hydrogens (tertiary/aromatic N) is 2. The van der Waals surface area contributed by atoms with Gasteiger partial charge in [0.15, 0.2) is 9.84 Å². The molecule has 1 aromatic heterocycles. The third-order valence-corrected chi connectivity index (χ3v) is 6.08. The summed E-state index contributed by atoms with van der Waals surface area (Å²) in [6.45, 7) is 2.20. The lowest BCUT2D eigenvalue weighted by atomic mass is 10.2. The number of hydrogen-bond donors (Lipinski definition) is 1. The van der Waals surface area contributed by atoms with E-state index in [2.05, 4.69) is 10.4 Å². The van der Waals surface area contributed by atoms with Crippen LogP contribution in [0.3, 0.4) is 0 Å². The highest BCUT2D eigenvalue weighted by molar-refractivity contribution is 7.91. The van der Waals surface area contributed by atoms with Crippen LogP contribution in [0.2, 0.25) is 5.02 Å². The van der Waals surface area contributed by atoms with Crippen LogP contribution in [-0.4, -0.2) is 35.6 Å². The Kier molecular flexibility index (Phi) is 4.64. The first kappa shape index (κ1) is 17.0. The van der Waals surface area contributed by atoms with E-state index >= 15 is 0 Å². The average molecular weight is 368 g/mol. The first-order valence-corrected chi connectivity index (χ1v) is 9.83. The Labute approximate surface area is 145 Å². The van der Waals surface area contributed by atoms with Gasteiger partial charge in [-0.3, -0.25) is 9.48 Å². The molecule has 1 aliphatic heterocycles. The molecule has 1 N–H and O–H groups in total. The normalized spacial score (nSPS) is 19.3. The van der Waals surface area contributed by atoms with Gasteiger partial charge in [0.05, 0.1) is 17.5 Å². The number of rotatable bonds is 4. The lowest BCUT2D eigenvalue weighted by Gasteiger charge is -2.10. The molecule has 24 heavy (non-hydrogen) atoms. The Bertz CT molecular complexity index is 859. The van der Waals surface area contributed by atoms with Gasteiger partial charge in [-0.05, 0) is 37.1 Å². The Hall–Kier alpha value is -1.86. The van der Waals surface area contributed by atoms with Crippen LogP contribution in [0, 0.1) is 6.92 Å². The molecule has 0 saturated carbocycles. The Balaban J connectivity index is 1.67. The number of carbonyl (C=O) groups excluding carboxylic acids is 1. The molecule has 1 saturated heterocycles. The molecular weight excluding hydrogens is 350 g/mol. The maximum Gasteiger partial charge on any atom is 0.272 e. The first-order valence-electron chi connectivity index (χ1n) is 7.63. The van der Waals surface area contributed by atoms with E-state index in [0.29, 0.717) is 23.7 Å². The van der Waals surface area contributed by atoms with Crippen LogP contribution in [0.15, 0.2) is 30.3 Å². The third-order valence-electron chi connectivity index (χ3n) is 4.08. The fourth-order valence-electron chi connectivity index (χ4n) is 2.81. The molecule has 2 aromatic rings. The molecule has 128 valence electrons. The summed E-state index contributed by atoms with van der Waals surface area (Å²) in [5.41, 5.74) is 2.02. The van der Waals surface area contributed by atoms with Crippen LogP contribution < -0.4 is 5.32 Å². The van der Waals surface area contributed by atoms with Crippen molar-refractivity contribution >= 4 is 27.3 Å². The van der Waals surface area contributed by atoms with Gasteiger partial charge < -0.3 is 5.32 Å². The van der Waals surface area contributed by atoms with E-state index in [4.69, 9.17) is 11.6 Å². The van der Waals surface area contributed by atoms with Crippen molar-refractivity contribution in [1.82, 2.24) is 15.1 Å². The maximum absolute atomic E-state index is 12.3. The minimum atomic E-state index is -2.99. The topological polar surface area (TPSA) is 81.1 Å². The minimum Gasteiger partial charge on any atom is -0.347 e. The molecule has 0 aliphatic carbocycles. The van der Waals surface area contributed by atoms with Gasteiger partial charge in [0.25, 0.3) is 5.91 Å². The van der Waals surface area contributed by atoms with E-state index in [9.17, 15) is 13.2 Å².